The number of benzene rings is 2. The zero-order valence-electron chi connectivity index (χ0n) is 12.1. The van der Waals surface area contributed by atoms with E-state index in [4.69, 9.17) is 32.7 Å². The van der Waals surface area contributed by atoms with Gasteiger partial charge in [0.15, 0.2) is 0 Å². The molecule has 0 radical (unpaired) electrons. The Labute approximate surface area is 143 Å². The highest BCUT2D eigenvalue weighted by molar-refractivity contribution is 6.32. The fourth-order valence-corrected chi connectivity index (χ4v) is 1.96. The van der Waals surface area contributed by atoms with Crippen LogP contribution < -0.4 is 9.47 Å². The van der Waals surface area contributed by atoms with Gasteiger partial charge in [0.2, 0.25) is 0 Å². The molecule has 0 amide bonds. The van der Waals surface area contributed by atoms with Crippen molar-refractivity contribution in [2.75, 3.05) is 0 Å². The molecule has 0 saturated heterocycles. The molecule has 0 atom stereocenters. The normalized spacial score (nSPS) is 11.0. The maximum Gasteiger partial charge on any atom is 0.339 e. The maximum absolute atomic E-state index is 11.9. The SMILES string of the molecule is C/C(=C\C(=O)Oc1ccccc1Cl)C(=O)Oc1ccccc1Cl. The molecule has 2 aromatic carbocycles. The number of para-hydroxylation sites is 2. The predicted octanol–water partition coefficient (Wildman–Crippen LogP) is 4.45. The van der Waals surface area contributed by atoms with E-state index < -0.39 is 11.9 Å². The van der Waals surface area contributed by atoms with E-state index in [1.165, 1.54) is 6.92 Å². The van der Waals surface area contributed by atoms with Crippen LogP contribution in [0.3, 0.4) is 0 Å². The van der Waals surface area contributed by atoms with Crippen molar-refractivity contribution in [2.24, 2.45) is 0 Å². The van der Waals surface area contributed by atoms with Gasteiger partial charge in [-0.15, -0.1) is 0 Å². The summed E-state index contributed by atoms with van der Waals surface area (Å²) < 4.78 is 10.2. The van der Waals surface area contributed by atoms with E-state index in [0.717, 1.165) is 6.08 Å². The molecular weight excluding hydrogens is 339 g/mol. The van der Waals surface area contributed by atoms with Gasteiger partial charge < -0.3 is 9.47 Å². The Morgan fingerprint density at radius 1 is 0.870 bits per heavy atom. The number of halogens is 2. The molecule has 0 N–H and O–H groups in total. The molecule has 2 rings (SSSR count). The zero-order chi connectivity index (χ0) is 16.8. The smallest absolute Gasteiger partial charge is 0.339 e. The van der Waals surface area contributed by atoms with Crippen LogP contribution in [0, 0.1) is 0 Å². The van der Waals surface area contributed by atoms with Crippen molar-refractivity contribution in [1.29, 1.82) is 0 Å². The summed E-state index contributed by atoms with van der Waals surface area (Å²) in [4.78, 5) is 23.7. The number of hydrogen-bond donors (Lipinski definition) is 0. The fourth-order valence-electron chi connectivity index (χ4n) is 1.61. The molecule has 0 aliphatic carbocycles. The van der Waals surface area contributed by atoms with Crippen LogP contribution in [-0.4, -0.2) is 11.9 Å². The Balaban J connectivity index is 2.04. The minimum atomic E-state index is -0.730. The second-order valence-corrected chi connectivity index (χ2v) is 5.31. The van der Waals surface area contributed by atoms with Gasteiger partial charge >= 0.3 is 11.9 Å². The highest BCUT2D eigenvalue weighted by atomic mass is 35.5. The number of carbonyl (C=O) groups is 2. The summed E-state index contributed by atoms with van der Waals surface area (Å²) >= 11 is 11.8. The van der Waals surface area contributed by atoms with Gasteiger partial charge in [0.25, 0.3) is 0 Å². The zero-order valence-corrected chi connectivity index (χ0v) is 13.6. The van der Waals surface area contributed by atoms with Gasteiger partial charge in [-0.05, 0) is 31.2 Å². The van der Waals surface area contributed by atoms with Gasteiger partial charge in [-0.25, -0.2) is 9.59 Å². The van der Waals surface area contributed by atoms with Crippen LogP contribution in [-0.2, 0) is 9.59 Å². The van der Waals surface area contributed by atoms with Crippen LogP contribution in [0.2, 0.25) is 10.0 Å². The van der Waals surface area contributed by atoms with Gasteiger partial charge in [-0.3, -0.25) is 0 Å². The fraction of sp³-hybridized carbons (Fsp3) is 0.0588. The Bertz CT molecular complexity index is 769. The third-order valence-corrected chi connectivity index (χ3v) is 3.37. The van der Waals surface area contributed by atoms with Crippen molar-refractivity contribution >= 4 is 35.1 Å². The van der Waals surface area contributed by atoms with Crippen molar-refractivity contribution in [1.82, 2.24) is 0 Å². The molecule has 4 nitrogen and oxygen atoms in total. The molecule has 0 fully saturated rings. The van der Waals surface area contributed by atoms with Gasteiger partial charge in [0.1, 0.15) is 11.5 Å². The Morgan fingerprint density at radius 2 is 1.35 bits per heavy atom. The van der Waals surface area contributed by atoms with E-state index in [-0.39, 0.29) is 17.1 Å². The van der Waals surface area contributed by atoms with Crippen LogP contribution in [0.25, 0.3) is 0 Å². The number of carbonyl (C=O) groups excluding carboxylic acids is 2. The third-order valence-electron chi connectivity index (χ3n) is 2.74. The summed E-state index contributed by atoms with van der Waals surface area (Å²) in [5, 5.41) is 0.595. The molecule has 0 aliphatic heterocycles. The van der Waals surface area contributed by atoms with Crippen LogP contribution >= 0.6 is 23.2 Å². The summed E-state index contributed by atoms with van der Waals surface area (Å²) in [6.45, 7) is 1.44. The molecule has 6 heteroatoms. The summed E-state index contributed by atoms with van der Waals surface area (Å²) in [5.41, 5.74) is 0.0713. The van der Waals surface area contributed by atoms with E-state index in [1.807, 2.05) is 0 Å². The monoisotopic (exact) mass is 350 g/mol. The van der Waals surface area contributed by atoms with Crippen LogP contribution in [0.1, 0.15) is 6.92 Å². The minimum absolute atomic E-state index is 0.0713. The number of esters is 2. The second kappa shape index (κ2) is 7.81. The lowest BCUT2D eigenvalue weighted by Crippen LogP contribution is -2.13. The van der Waals surface area contributed by atoms with Crippen molar-refractivity contribution in [3.63, 3.8) is 0 Å². The van der Waals surface area contributed by atoms with Crippen molar-refractivity contribution < 1.29 is 19.1 Å². The van der Waals surface area contributed by atoms with E-state index in [1.54, 1.807) is 48.5 Å². The van der Waals surface area contributed by atoms with Gasteiger partial charge in [-0.1, -0.05) is 47.5 Å². The molecule has 0 aliphatic rings. The van der Waals surface area contributed by atoms with E-state index in [2.05, 4.69) is 0 Å². The predicted molar refractivity (Wildman–Crippen MR) is 87.9 cm³/mol. The molecule has 0 bridgehead atoms. The first-order valence-electron chi connectivity index (χ1n) is 6.58. The first kappa shape index (κ1) is 17.1. The molecule has 118 valence electrons. The van der Waals surface area contributed by atoms with Crippen molar-refractivity contribution in [2.45, 2.75) is 6.92 Å². The largest absolute Gasteiger partial charge is 0.422 e. The minimum Gasteiger partial charge on any atom is -0.422 e. The lowest BCUT2D eigenvalue weighted by Gasteiger charge is -2.06. The third kappa shape index (κ3) is 4.84. The Morgan fingerprint density at radius 3 is 1.87 bits per heavy atom. The molecule has 0 saturated carbocycles. The first-order chi connectivity index (χ1) is 11.0. The second-order valence-electron chi connectivity index (χ2n) is 4.50. The van der Waals surface area contributed by atoms with Crippen molar-refractivity contribution in [3.8, 4) is 11.5 Å². The van der Waals surface area contributed by atoms with Gasteiger partial charge in [0.05, 0.1) is 10.0 Å². The number of hydrogen-bond acceptors (Lipinski definition) is 4. The average Bonchev–Trinajstić information content (AvgIpc) is 2.51. The van der Waals surface area contributed by atoms with Crippen LogP contribution in [0.15, 0.2) is 60.2 Å². The molecular formula is C17H12Cl2O4. The summed E-state index contributed by atoms with van der Waals surface area (Å²) in [7, 11) is 0. The summed E-state index contributed by atoms with van der Waals surface area (Å²) in [6.07, 6.45) is 1.03. The lowest BCUT2D eigenvalue weighted by molar-refractivity contribution is -0.132. The van der Waals surface area contributed by atoms with Gasteiger partial charge in [-0.2, -0.15) is 0 Å². The Kier molecular flexibility index (Phi) is 5.79. The molecule has 23 heavy (non-hydrogen) atoms. The average molecular weight is 351 g/mol. The molecule has 2 aromatic rings. The number of rotatable bonds is 4. The van der Waals surface area contributed by atoms with E-state index in [9.17, 15) is 9.59 Å². The highest BCUT2D eigenvalue weighted by Gasteiger charge is 2.13. The maximum atomic E-state index is 11.9. The lowest BCUT2D eigenvalue weighted by atomic mass is 10.3. The van der Waals surface area contributed by atoms with Gasteiger partial charge in [0, 0.05) is 11.6 Å². The highest BCUT2D eigenvalue weighted by Crippen LogP contribution is 2.25. The molecule has 0 spiro atoms. The standard InChI is InChI=1S/C17H12Cl2O4/c1-11(17(21)23-15-9-5-3-7-13(15)19)10-16(20)22-14-8-4-2-6-12(14)18/h2-10H,1H3/b11-10+. The van der Waals surface area contributed by atoms with Crippen molar-refractivity contribution in [3.05, 3.63) is 70.2 Å². The van der Waals surface area contributed by atoms with E-state index in [0.29, 0.717) is 10.0 Å². The molecule has 0 unspecified atom stereocenters. The molecule has 0 heterocycles. The van der Waals surface area contributed by atoms with Crippen LogP contribution in [0.5, 0.6) is 11.5 Å². The quantitative estimate of drug-likeness (QED) is 0.464. The van der Waals surface area contributed by atoms with E-state index >= 15 is 0 Å². The topological polar surface area (TPSA) is 52.6 Å². The summed E-state index contributed by atoms with van der Waals surface area (Å²) in [6, 6.07) is 13.1. The summed E-state index contributed by atoms with van der Waals surface area (Å²) in [5.74, 6) is -1.00. The first-order valence-corrected chi connectivity index (χ1v) is 7.34. The number of ether oxygens (including phenoxy) is 2. The molecule has 0 aromatic heterocycles. The van der Waals surface area contributed by atoms with Crippen LogP contribution in [0.4, 0.5) is 0 Å². The Hall–Kier alpha value is -2.30.